The van der Waals surface area contributed by atoms with Crippen molar-refractivity contribution in [3.63, 3.8) is 0 Å². The zero-order valence-corrected chi connectivity index (χ0v) is 17.6. The highest BCUT2D eigenvalue weighted by molar-refractivity contribution is 5.53. The van der Waals surface area contributed by atoms with Crippen LogP contribution in [0.4, 0.5) is 5.82 Å². The molecule has 0 N–H and O–H groups in total. The normalized spacial score (nSPS) is 23.6. The van der Waals surface area contributed by atoms with Gasteiger partial charge in [-0.1, -0.05) is 6.07 Å². The highest BCUT2D eigenvalue weighted by Crippen LogP contribution is 2.35. The number of pyridine rings is 1. The molecule has 0 spiro atoms. The van der Waals surface area contributed by atoms with Gasteiger partial charge in [0.25, 0.3) is 0 Å². The highest BCUT2D eigenvalue weighted by Gasteiger charge is 2.34. The van der Waals surface area contributed by atoms with Gasteiger partial charge in [0.2, 0.25) is 0 Å². The first-order valence-electron chi connectivity index (χ1n) is 11.5. The van der Waals surface area contributed by atoms with E-state index in [0.29, 0.717) is 6.04 Å². The largest absolute Gasteiger partial charge is 0.472 e. The summed E-state index contributed by atoms with van der Waals surface area (Å²) in [6, 6.07) is 9.00. The maximum Gasteiger partial charge on any atom is 0.138 e. The fourth-order valence-electron chi connectivity index (χ4n) is 5.17. The molecule has 6 nitrogen and oxygen atoms in total. The third-order valence-electron chi connectivity index (χ3n) is 7.01. The summed E-state index contributed by atoms with van der Waals surface area (Å²) in [7, 11) is 0. The van der Waals surface area contributed by atoms with Gasteiger partial charge in [-0.15, -0.1) is 0 Å². The predicted molar refractivity (Wildman–Crippen MR) is 118 cm³/mol. The molecule has 1 aliphatic carbocycles. The molecule has 6 rings (SSSR count). The SMILES string of the molecule is c1cc(N2CCCC2)n2cc([C@H]3CN(Cc4ccoc4)CCN3CC3CC3)nc2c1. The number of fused-ring (bicyclic) bond motifs is 1. The van der Waals surface area contributed by atoms with Crippen molar-refractivity contribution in [3.8, 4) is 0 Å². The van der Waals surface area contributed by atoms with E-state index in [0.717, 1.165) is 50.8 Å². The minimum atomic E-state index is 0.359. The van der Waals surface area contributed by atoms with Crippen LogP contribution in [-0.4, -0.2) is 58.5 Å². The first kappa shape index (κ1) is 18.5. The van der Waals surface area contributed by atoms with Gasteiger partial charge in [0.05, 0.1) is 24.3 Å². The number of hydrogen-bond acceptors (Lipinski definition) is 5. The van der Waals surface area contributed by atoms with Crippen LogP contribution in [0.1, 0.15) is 43.0 Å². The third-order valence-corrected chi connectivity index (χ3v) is 7.01. The third kappa shape index (κ3) is 3.63. The average molecular weight is 406 g/mol. The van der Waals surface area contributed by atoms with Crippen LogP contribution in [-0.2, 0) is 6.54 Å². The fourth-order valence-corrected chi connectivity index (χ4v) is 5.17. The molecule has 30 heavy (non-hydrogen) atoms. The molecule has 0 aromatic carbocycles. The van der Waals surface area contributed by atoms with E-state index in [4.69, 9.17) is 9.40 Å². The quantitative estimate of drug-likeness (QED) is 0.624. The van der Waals surface area contributed by atoms with Crippen molar-refractivity contribution in [1.29, 1.82) is 0 Å². The van der Waals surface area contributed by atoms with E-state index in [1.807, 2.05) is 6.26 Å². The van der Waals surface area contributed by atoms with Crippen LogP contribution in [0.25, 0.3) is 5.65 Å². The van der Waals surface area contributed by atoms with E-state index < -0.39 is 0 Å². The number of aromatic nitrogens is 2. The second-order valence-electron chi connectivity index (χ2n) is 9.29. The van der Waals surface area contributed by atoms with E-state index in [-0.39, 0.29) is 0 Å². The molecule has 0 amide bonds. The molecule has 0 radical (unpaired) electrons. The van der Waals surface area contributed by atoms with Crippen molar-refractivity contribution in [2.45, 2.75) is 38.3 Å². The number of piperazine rings is 1. The lowest BCUT2D eigenvalue weighted by atomic mass is 10.1. The Labute approximate surface area is 178 Å². The Balaban J connectivity index is 1.30. The lowest BCUT2D eigenvalue weighted by molar-refractivity contribution is 0.0639. The van der Waals surface area contributed by atoms with Gasteiger partial charge >= 0.3 is 0 Å². The number of rotatable bonds is 6. The van der Waals surface area contributed by atoms with Crippen molar-refractivity contribution in [3.05, 3.63) is 54.2 Å². The molecule has 3 fully saturated rings. The number of imidazole rings is 1. The number of anilines is 1. The molecule has 0 unspecified atom stereocenters. The molecule has 158 valence electrons. The summed E-state index contributed by atoms with van der Waals surface area (Å²) < 4.78 is 7.62. The van der Waals surface area contributed by atoms with E-state index in [1.54, 1.807) is 6.26 Å². The van der Waals surface area contributed by atoms with Gasteiger partial charge in [0.15, 0.2) is 0 Å². The standard InChI is InChI=1S/C24H31N5O/c1-2-10-27(9-1)24-5-3-4-23-25-21(16-29(23)24)22-17-26(14-20-8-13-30-18-20)11-12-28(22)15-19-6-7-19/h3-5,8,13,16,18-19,22H,1-2,6-7,9-12,14-15,17H2/t22-/m1/s1. The summed E-state index contributed by atoms with van der Waals surface area (Å²) in [6.45, 7) is 7.74. The molecule has 0 bridgehead atoms. The molecule has 6 heteroatoms. The van der Waals surface area contributed by atoms with Gasteiger partial charge < -0.3 is 9.32 Å². The monoisotopic (exact) mass is 405 g/mol. The van der Waals surface area contributed by atoms with Gasteiger partial charge in [-0.3, -0.25) is 14.2 Å². The molecule has 2 aliphatic heterocycles. The first-order chi connectivity index (χ1) is 14.8. The van der Waals surface area contributed by atoms with Gasteiger partial charge in [0, 0.05) is 57.6 Å². The second kappa shape index (κ2) is 7.75. The fraction of sp³-hybridized carbons (Fsp3) is 0.542. The summed E-state index contributed by atoms with van der Waals surface area (Å²) in [6.07, 6.45) is 11.3. The van der Waals surface area contributed by atoms with Crippen LogP contribution in [0.2, 0.25) is 0 Å². The van der Waals surface area contributed by atoms with Gasteiger partial charge in [0.1, 0.15) is 11.5 Å². The Hall–Kier alpha value is -2.31. The maximum absolute atomic E-state index is 5.29. The lowest BCUT2D eigenvalue weighted by Crippen LogP contribution is -2.48. The Bertz CT molecular complexity index is 986. The van der Waals surface area contributed by atoms with Crippen molar-refractivity contribution in [1.82, 2.24) is 19.2 Å². The molecule has 2 saturated heterocycles. The van der Waals surface area contributed by atoms with E-state index >= 15 is 0 Å². The molecule has 5 heterocycles. The summed E-state index contributed by atoms with van der Waals surface area (Å²) in [4.78, 5) is 12.9. The zero-order valence-electron chi connectivity index (χ0n) is 17.6. The maximum atomic E-state index is 5.29. The van der Waals surface area contributed by atoms with Crippen LogP contribution >= 0.6 is 0 Å². The van der Waals surface area contributed by atoms with Crippen molar-refractivity contribution in [2.24, 2.45) is 5.92 Å². The minimum absolute atomic E-state index is 0.359. The Morgan fingerprint density at radius 3 is 2.73 bits per heavy atom. The van der Waals surface area contributed by atoms with E-state index in [1.165, 1.54) is 49.3 Å². The van der Waals surface area contributed by atoms with Gasteiger partial charge in [-0.05, 0) is 49.8 Å². The van der Waals surface area contributed by atoms with Crippen LogP contribution < -0.4 is 4.90 Å². The molecule has 1 atom stereocenters. The molecular formula is C24H31N5O. The number of nitrogens with zero attached hydrogens (tertiary/aromatic N) is 5. The number of furan rings is 1. The topological polar surface area (TPSA) is 40.2 Å². The first-order valence-corrected chi connectivity index (χ1v) is 11.5. The zero-order chi connectivity index (χ0) is 19.9. The molecular weight excluding hydrogens is 374 g/mol. The van der Waals surface area contributed by atoms with Crippen molar-refractivity contribution in [2.75, 3.05) is 44.2 Å². The van der Waals surface area contributed by atoms with Crippen LogP contribution in [0.5, 0.6) is 0 Å². The molecule has 3 aromatic heterocycles. The summed E-state index contributed by atoms with van der Waals surface area (Å²) in [5.74, 6) is 2.19. The molecule has 3 aromatic rings. The van der Waals surface area contributed by atoms with E-state index in [9.17, 15) is 0 Å². The summed E-state index contributed by atoms with van der Waals surface area (Å²) in [5.41, 5.74) is 3.56. The Morgan fingerprint density at radius 1 is 1.03 bits per heavy atom. The van der Waals surface area contributed by atoms with Crippen molar-refractivity contribution < 1.29 is 4.42 Å². The minimum Gasteiger partial charge on any atom is -0.472 e. The number of hydrogen-bond donors (Lipinski definition) is 0. The second-order valence-corrected chi connectivity index (χ2v) is 9.29. The molecule has 3 aliphatic rings. The van der Waals surface area contributed by atoms with Crippen LogP contribution in [0.15, 0.2) is 47.4 Å². The summed E-state index contributed by atoms with van der Waals surface area (Å²) in [5, 5.41) is 0. The van der Waals surface area contributed by atoms with Crippen molar-refractivity contribution >= 4 is 11.5 Å². The van der Waals surface area contributed by atoms with Crippen LogP contribution in [0, 0.1) is 5.92 Å². The van der Waals surface area contributed by atoms with Crippen LogP contribution in [0.3, 0.4) is 0 Å². The van der Waals surface area contributed by atoms with E-state index in [2.05, 4.69) is 49.6 Å². The summed E-state index contributed by atoms with van der Waals surface area (Å²) >= 11 is 0. The van der Waals surface area contributed by atoms with Gasteiger partial charge in [-0.25, -0.2) is 4.98 Å². The Kier molecular flexibility index (Phi) is 4.77. The predicted octanol–water partition coefficient (Wildman–Crippen LogP) is 3.80. The Morgan fingerprint density at radius 2 is 1.93 bits per heavy atom. The average Bonchev–Trinajstić information content (AvgIpc) is 3.21. The highest BCUT2D eigenvalue weighted by atomic mass is 16.3. The molecule has 1 saturated carbocycles. The smallest absolute Gasteiger partial charge is 0.138 e. The lowest BCUT2D eigenvalue weighted by Gasteiger charge is -2.40. The van der Waals surface area contributed by atoms with Gasteiger partial charge in [-0.2, -0.15) is 0 Å².